The highest BCUT2D eigenvalue weighted by molar-refractivity contribution is 7.45. The Labute approximate surface area is 413 Å². The fraction of sp³-hybridized carbons (Fsp3) is 0.707. The summed E-state index contributed by atoms with van der Waals surface area (Å²) in [5.74, 6) is -0.350. The number of allylic oxidation sites excluding steroid dienone is 16. The van der Waals surface area contributed by atoms with Crippen molar-refractivity contribution in [1.82, 2.24) is 0 Å². The zero-order valence-electron chi connectivity index (χ0n) is 43.8. The average molecular weight is 956 g/mol. The summed E-state index contributed by atoms with van der Waals surface area (Å²) in [6.45, 7) is 5.23. The number of quaternary nitrogens is 1. The van der Waals surface area contributed by atoms with Crippen LogP contribution in [0.5, 0.6) is 0 Å². The third kappa shape index (κ3) is 54.2. The van der Waals surface area contributed by atoms with E-state index in [1.165, 1.54) is 89.9 Å². The van der Waals surface area contributed by atoms with Gasteiger partial charge >= 0.3 is 5.97 Å². The first-order valence-corrected chi connectivity index (χ1v) is 28.4. The van der Waals surface area contributed by atoms with Crippen LogP contribution in [0.1, 0.15) is 206 Å². The molecular weight excluding hydrogens is 854 g/mol. The number of esters is 1. The maximum absolute atomic E-state index is 12.8. The molecule has 8 nitrogen and oxygen atoms in total. The molecule has 9 heteroatoms. The van der Waals surface area contributed by atoms with Crippen LogP contribution in [0.3, 0.4) is 0 Å². The molecule has 0 N–H and O–H groups in total. The standard InChI is InChI=1S/C58H102NO7P/c1-6-8-10-12-14-16-18-20-22-24-26-28-30-31-33-35-37-39-41-43-45-47-49-51-58(60)66-57(56-65-67(61,62)64-54-52-59(3,4)5)55-63-53-50-48-46-44-42-40-38-36-34-32-29-27-25-23-21-19-17-15-13-11-9-7-2/h9,11,15,17-18,20-21,23-24,26-27,29-31,34,36,57H,6-8,10,12-14,16,19,22,25,28,32-33,35,37-56H2,1-5H3/b11-9-,17-15-,20-18-,23-21-,26-24-,29-27-,31-30-,36-34-. The van der Waals surface area contributed by atoms with E-state index in [0.717, 1.165) is 96.3 Å². The van der Waals surface area contributed by atoms with E-state index >= 15 is 0 Å². The largest absolute Gasteiger partial charge is 0.756 e. The molecule has 0 aromatic carbocycles. The molecule has 0 amide bonds. The van der Waals surface area contributed by atoms with Crippen LogP contribution in [-0.2, 0) is 27.9 Å². The third-order valence-corrected chi connectivity index (χ3v) is 12.1. The van der Waals surface area contributed by atoms with Gasteiger partial charge in [0, 0.05) is 13.0 Å². The zero-order valence-corrected chi connectivity index (χ0v) is 44.7. The lowest BCUT2D eigenvalue weighted by Crippen LogP contribution is -2.37. The van der Waals surface area contributed by atoms with E-state index in [0.29, 0.717) is 24.1 Å². The predicted octanol–water partition coefficient (Wildman–Crippen LogP) is 16.3. The van der Waals surface area contributed by atoms with Crippen LogP contribution in [0.2, 0.25) is 0 Å². The number of rotatable bonds is 49. The van der Waals surface area contributed by atoms with Gasteiger partial charge in [-0.15, -0.1) is 0 Å². The summed E-state index contributed by atoms with van der Waals surface area (Å²) >= 11 is 0. The summed E-state index contributed by atoms with van der Waals surface area (Å²) in [7, 11) is 1.33. The number of phosphoric acid groups is 1. The van der Waals surface area contributed by atoms with Crippen molar-refractivity contribution in [2.75, 3.05) is 54.1 Å². The van der Waals surface area contributed by atoms with Gasteiger partial charge in [-0.3, -0.25) is 9.36 Å². The van der Waals surface area contributed by atoms with Gasteiger partial charge in [0.05, 0.1) is 34.4 Å². The van der Waals surface area contributed by atoms with Crippen LogP contribution in [0, 0.1) is 0 Å². The smallest absolute Gasteiger partial charge is 0.306 e. The Morgan fingerprint density at radius 1 is 0.478 bits per heavy atom. The lowest BCUT2D eigenvalue weighted by molar-refractivity contribution is -0.870. The first-order valence-electron chi connectivity index (χ1n) is 27.0. The van der Waals surface area contributed by atoms with Gasteiger partial charge in [-0.25, -0.2) is 0 Å². The molecule has 386 valence electrons. The molecular formula is C58H102NO7P. The molecule has 0 heterocycles. The normalized spacial score (nSPS) is 14.3. The van der Waals surface area contributed by atoms with Crippen LogP contribution < -0.4 is 4.89 Å². The Bertz CT molecular complexity index is 1390. The van der Waals surface area contributed by atoms with E-state index in [1.807, 2.05) is 21.1 Å². The highest BCUT2D eigenvalue weighted by atomic mass is 31.2. The Kier molecular flexibility index (Phi) is 47.9. The summed E-state index contributed by atoms with van der Waals surface area (Å²) in [5, 5.41) is 0. The monoisotopic (exact) mass is 956 g/mol. The summed E-state index contributed by atoms with van der Waals surface area (Å²) < 4.78 is 34.8. The molecule has 2 atom stereocenters. The van der Waals surface area contributed by atoms with Crippen LogP contribution in [0.15, 0.2) is 97.2 Å². The summed E-state index contributed by atoms with van der Waals surface area (Å²) in [6, 6.07) is 0. The number of nitrogens with zero attached hydrogens (tertiary/aromatic N) is 1. The van der Waals surface area contributed by atoms with Gasteiger partial charge in [0.15, 0.2) is 0 Å². The highest BCUT2D eigenvalue weighted by Gasteiger charge is 2.20. The number of hydrogen-bond acceptors (Lipinski definition) is 7. The quantitative estimate of drug-likeness (QED) is 0.0197. The van der Waals surface area contributed by atoms with Gasteiger partial charge in [0.25, 0.3) is 7.82 Å². The fourth-order valence-corrected chi connectivity index (χ4v) is 7.72. The van der Waals surface area contributed by atoms with Gasteiger partial charge in [-0.05, 0) is 96.3 Å². The molecule has 0 aromatic rings. The molecule has 0 saturated carbocycles. The molecule has 0 aliphatic heterocycles. The third-order valence-electron chi connectivity index (χ3n) is 11.1. The van der Waals surface area contributed by atoms with Gasteiger partial charge in [0.1, 0.15) is 19.3 Å². The Hall–Kier alpha value is -2.58. The Morgan fingerprint density at radius 3 is 1.30 bits per heavy atom. The van der Waals surface area contributed by atoms with Gasteiger partial charge in [-0.1, -0.05) is 201 Å². The number of carbonyl (C=O) groups excluding carboxylic acids is 1. The molecule has 0 saturated heterocycles. The van der Waals surface area contributed by atoms with Crippen LogP contribution >= 0.6 is 7.82 Å². The van der Waals surface area contributed by atoms with Crippen LogP contribution in [-0.4, -0.2) is 70.7 Å². The number of phosphoric ester groups is 1. The van der Waals surface area contributed by atoms with E-state index in [9.17, 15) is 14.3 Å². The van der Waals surface area contributed by atoms with Crippen LogP contribution in [0.4, 0.5) is 0 Å². The first-order chi connectivity index (χ1) is 32.6. The summed E-state index contributed by atoms with van der Waals surface area (Å²) in [6.07, 6.45) is 68.6. The molecule has 0 bridgehead atoms. The second-order valence-corrected chi connectivity index (χ2v) is 20.3. The predicted molar refractivity (Wildman–Crippen MR) is 286 cm³/mol. The molecule has 2 unspecified atom stereocenters. The Balaban J connectivity index is 4.20. The average Bonchev–Trinajstić information content (AvgIpc) is 3.29. The number of likely N-dealkylation sites (N-methyl/N-ethyl adjacent to an activating group) is 1. The number of carbonyl (C=O) groups is 1. The van der Waals surface area contributed by atoms with Crippen LogP contribution in [0.25, 0.3) is 0 Å². The zero-order chi connectivity index (χ0) is 49.0. The van der Waals surface area contributed by atoms with Gasteiger partial charge in [0.2, 0.25) is 0 Å². The molecule has 0 spiro atoms. The van der Waals surface area contributed by atoms with Crippen molar-refractivity contribution >= 4 is 13.8 Å². The second-order valence-electron chi connectivity index (χ2n) is 18.9. The van der Waals surface area contributed by atoms with E-state index in [-0.39, 0.29) is 25.8 Å². The van der Waals surface area contributed by atoms with Crippen molar-refractivity contribution in [3.8, 4) is 0 Å². The van der Waals surface area contributed by atoms with Gasteiger partial charge in [-0.2, -0.15) is 0 Å². The minimum Gasteiger partial charge on any atom is -0.756 e. The van der Waals surface area contributed by atoms with E-state index < -0.39 is 13.9 Å². The van der Waals surface area contributed by atoms with Crippen molar-refractivity contribution < 1.29 is 37.3 Å². The second kappa shape index (κ2) is 49.8. The molecule has 0 fully saturated rings. The number of ether oxygens (including phenoxy) is 2. The SMILES string of the molecule is CC/C=C\C/C=C\C/C=C\C/C=C\C/C=C\CCCCCCCCOCC(COP(=O)([O-])OCC[N+](C)(C)C)OC(=O)CCCCCCCCCC/C=C\C/C=C\C/C=C\CCCCCCC. The number of hydrogen-bond donors (Lipinski definition) is 0. The first kappa shape index (κ1) is 64.4. The number of unbranched alkanes of at least 4 members (excludes halogenated alkanes) is 19. The van der Waals surface area contributed by atoms with Gasteiger partial charge < -0.3 is 27.9 Å². The molecule has 0 radical (unpaired) electrons. The topological polar surface area (TPSA) is 94.1 Å². The summed E-state index contributed by atoms with van der Waals surface area (Å²) in [5.41, 5.74) is 0. The molecule has 0 aliphatic rings. The van der Waals surface area contributed by atoms with Crippen molar-refractivity contribution in [2.45, 2.75) is 213 Å². The molecule has 67 heavy (non-hydrogen) atoms. The minimum atomic E-state index is -4.55. The van der Waals surface area contributed by atoms with Crippen molar-refractivity contribution in [3.05, 3.63) is 97.2 Å². The van der Waals surface area contributed by atoms with Crippen molar-refractivity contribution in [2.24, 2.45) is 0 Å². The molecule has 0 aliphatic carbocycles. The van der Waals surface area contributed by atoms with E-state index in [2.05, 4.69) is 111 Å². The summed E-state index contributed by atoms with van der Waals surface area (Å²) in [4.78, 5) is 25.2. The van der Waals surface area contributed by atoms with E-state index in [1.54, 1.807) is 0 Å². The lowest BCUT2D eigenvalue weighted by atomic mass is 10.1. The van der Waals surface area contributed by atoms with Crippen molar-refractivity contribution in [3.63, 3.8) is 0 Å². The molecule has 0 rings (SSSR count). The maximum atomic E-state index is 12.8. The Morgan fingerprint density at radius 2 is 0.866 bits per heavy atom. The van der Waals surface area contributed by atoms with Crippen molar-refractivity contribution in [1.29, 1.82) is 0 Å². The van der Waals surface area contributed by atoms with E-state index in [4.69, 9.17) is 18.5 Å². The maximum Gasteiger partial charge on any atom is 0.306 e. The minimum absolute atomic E-state index is 0.0158. The highest BCUT2D eigenvalue weighted by Crippen LogP contribution is 2.38. The molecule has 0 aromatic heterocycles. The lowest BCUT2D eigenvalue weighted by Gasteiger charge is -2.28. The fourth-order valence-electron chi connectivity index (χ4n) is 6.99.